The molecule has 0 aliphatic heterocycles. The van der Waals surface area contributed by atoms with Gasteiger partial charge in [-0.05, 0) is 48.9 Å². The van der Waals surface area contributed by atoms with Crippen LogP contribution < -0.4 is 5.32 Å². The third-order valence-electron chi connectivity index (χ3n) is 3.61. The highest BCUT2D eigenvalue weighted by Gasteiger charge is 2.11. The topological polar surface area (TPSA) is 29.1 Å². The van der Waals surface area contributed by atoms with Gasteiger partial charge in [0.1, 0.15) is 0 Å². The van der Waals surface area contributed by atoms with E-state index in [0.29, 0.717) is 6.42 Å². The summed E-state index contributed by atoms with van der Waals surface area (Å²) in [5.41, 5.74) is 3.37. The average Bonchev–Trinajstić information content (AvgIpc) is 2.49. The highest BCUT2D eigenvalue weighted by atomic mass is 32.2. The van der Waals surface area contributed by atoms with Crippen LogP contribution in [0.1, 0.15) is 29.7 Å². The molecule has 1 N–H and O–H groups in total. The number of thioether (sulfide) groups is 1. The SMILES string of the molecule is CSc1ccc(C(C)NC(=O)Cc2ccccc2C)cc1. The smallest absolute Gasteiger partial charge is 0.224 e. The first kappa shape index (κ1) is 15.6. The largest absolute Gasteiger partial charge is 0.349 e. The number of aryl methyl sites for hydroxylation is 1. The van der Waals surface area contributed by atoms with E-state index in [0.717, 1.165) is 16.7 Å². The van der Waals surface area contributed by atoms with Gasteiger partial charge in [0, 0.05) is 4.90 Å². The maximum absolute atomic E-state index is 12.2. The molecular formula is C18H21NOS. The average molecular weight is 299 g/mol. The lowest BCUT2D eigenvalue weighted by Gasteiger charge is -2.15. The van der Waals surface area contributed by atoms with Gasteiger partial charge in [-0.2, -0.15) is 0 Å². The number of hydrogen-bond acceptors (Lipinski definition) is 2. The van der Waals surface area contributed by atoms with Crippen molar-refractivity contribution in [3.8, 4) is 0 Å². The summed E-state index contributed by atoms with van der Waals surface area (Å²) >= 11 is 1.72. The Labute approximate surface area is 131 Å². The van der Waals surface area contributed by atoms with Gasteiger partial charge in [0.15, 0.2) is 0 Å². The summed E-state index contributed by atoms with van der Waals surface area (Å²) in [6.07, 6.45) is 2.49. The third kappa shape index (κ3) is 4.36. The van der Waals surface area contributed by atoms with Gasteiger partial charge in [-0.15, -0.1) is 11.8 Å². The van der Waals surface area contributed by atoms with Crippen LogP contribution in [0.3, 0.4) is 0 Å². The molecule has 1 atom stereocenters. The zero-order valence-electron chi connectivity index (χ0n) is 12.7. The number of amides is 1. The second-order valence-corrected chi connectivity index (χ2v) is 6.05. The molecule has 0 fully saturated rings. The van der Waals surface area contributed by atoms with Crippen LogP contribution in [0.25, 0.3) is 0 Å². The lowest BCUT2D eigenvalue weighted by atomic mass is 10.0. The third-order valence-corrected chi connectivity index (χ3v) is 4.35. The van der Waals surface area contributed by atoms with Crippen molar-refractivity contribution in [2.45, 2.75) is 31.2 Å². The van der Waals surface area contributed by atoms with Gasteiger partial charge in [0.05, 0.1) is 12.5 Å². The summed E-state index contributed by atoms with van der Waals surface area (Å²) in [5.74, 6) is 0.0609. The molecule has 3 heteroatoms. The van der Waals surface area contributed by atoms with E-state index >= 15 is 0 Å². The molecule has 0 saturated heterocycles. The van der Waals surface area contributed by atoms with E-state index in [2.05, 4.69) is 35.8 Å². The van der Waals surface area contributed by atoms with E-state index in [4.69, 9.17) is 0 Å². The molecule has 2 rings (SSSR count). The van der Waals surface area contributed by atoms with Crippen molar-refractivity contribution in [2.75, 3.05) is 6.26 Å². The number of rotatable bonds is 5. The van der Waals surface area contributed by atoms with E-state index < -0.39 is 0 Å². The summed E-state index contributed by atoms with van der Waals surface area (Å²) in [6.45, 7) is 4.05. The van der Waals surface area contributed by atoms with Crippen LogP contribution in [-0.4, -0.2) is 12.2 Å². The zero-order chi connectivity index (χ0) is 15.2. The van der Waals surface area contributed by atoms with Crippen LogP contribution in [-0.2, 0) is 11.2 Å². The van der Waals surface area contributed by atoms with Gasteiger partial charge in [-0.3, -0.25) is 4.79 Å². The first-order chi connectivity index (χ1) is 10.1. The normalized spacial score (nSPS) is 12.0. The summed E-state index contributed by atoms with van der Waals surface area (Å²) in [6, 6.07) is 16.4. The summed E-state index contributed by atoms with van der Waals surface area (Å²) in [5, 5.41) is 3.06. The molecule has 0 bridgehead atoms. The Morgan fingerprint density at radius 2 is 1.81 bits per heavy atom. The van der Waals surface area contributed by atoms with E-state index in [1.54, 1.807) is 11.8 Å². The van der Waals surface area contributed by atoms with Crippen LogP contribution in [0, 0.1) is 6.92 Å². The van der Waals surface area contributed by atoms with Gasteiger partial charge in [-0.25, -0.2) is 0 Å². The predicted octanol–water partition coefficient (Wildman–Crippen LogP) is 4.14. The zero-order valence-corrected chi connectivity index (χ0v) is 13.5. The number of carbonyl (C=O) groups excluding carboxylic acids is 1. The fraction of sp³-hybridized carbons (Fsp3) is 0.278. The minimum Gasteiger partial charge on any atom is -0.349 e. The molecule has 0 aliphatic carbocycles. The monoisotopic (exact) mass is 299 g/mol. The Morgan fingerprint density at radius 1 is 1.14 bits per heavy atom. The Hall–Kier alpha value is -1.74. The second-order valence-electron chi connectivity index (χ2n) is 5.17. The van der Waals surface area contributed by atoms with Crippen LogP contribution in [0.15, 0.2) is 53.4 Å². The predicted molar refractivity (Wildman–Crippen MR) is 89.7 cm³/mol. The van der Waals surface area contributed by atoms with Gasteiger partial charge in [0.25, 0.3) is 0 Å². The molecule has 2 nitrogen and oxygen atoms in total. The Balaban J connectivity index is 1.97. The van der Waals surface area contributed by atoms with Crippen molar-refractivity contribution in [1.82, 2.24) is 5.32 Å². The molecule has 1 amide bonds. The highest BCUT2D eigenvalue weighted by Crippen LogP contribution is 2.19. The van der Waals surface area contributed by atoms with Crippen molar-refractivity contribution < 1.29 is 4.79 Å². The van der Waals surface area contributed by atoms with E-state index in [-0.39, 0.29) is 11.9 Å². The number of hydrogen-bond donors (Lipinski definition) is 1. The van der Waals surface area contributed by atoms with E-state index in [1.165, 1.54) is 4.90 Å². The van der Waals surface area contributed by atoms with Gasteiger partial charge in [0.2, 0.25) is 5.91 Å². The van der Waals surface area contributed by atoms with Crippen molar-refractivity contribution >= 4 is 17.7 Å². The molecule has 110 valence electrons. The molecule has 1 unspecified atom stereocenters. The van der Waals surface area contributed by atoms with Gasteiger partial charge >= 0.3 is 0 Å². The molecule has 2 aromatic rings. The quantitative estimate of drug-likeness (QED) is 0.841. The molecule has 0 radical (unpaired) electrons. The fourth-order valence-electron chi connectivity index (χ4n) is 2.25. The molecule has 2 aromatic carbocycles. The Kier molecular flexibility index (Phi) is 5.45. The Bertz CT molecular complexity index is 607. The molecule has 21 heavy (non-hydrogen) atoms. The first-order valence-corrected chi connectivity index (χ1v) is 8.30. The van der Waals surface area contributed by atoms with Crippen molar-refractivity contribution in [2.24, 2.45) is 0 Å². The molecule has 0 heterocycles. The maximum atomic E-state index is 12.2. The summed E-state index contributed by atoms with van der Waals surface area (Å²) < 4.78 is 0. The summed E-state index contributed by atoms with van der Waals surface area (Å²) in [7, 11) is 0. The molecular weight excluding hydrogens is 278 g/mol. The minimum absolute atomic E-state index is 0.0254. The molecule has 0 spiro atoms. The standard InChI is InChI=1S/C18H21NOS/c1-13-6-4-5-7-16(13)12-18(20)19-14(2)15-8-10-17(21-3)11-9-15/h4-11,14H,12H2,1-3H3,(H,19,20). The maximum Gasteiger partial charge on any atom is 0.224 e. The van der Waals surface area contributed by atoms with E-state index in [9.17, 15) is 4.79 Å². The highest BCUT2D eigenvalue weighted by molar-refractivity contribution is 7.98. The van der Waals surface area contributed by atoms with Crippen LogP contribution >= 0.6 is 11.8 Å². The minimum atomic E-state index is 0.0254. The van der Waals surface area contributed by atoms with Crippen molar-refractivity contribution in [3.05, 3.63) is 65.2 Å². The van der Waals surface area contributed by atoms with Crippen LogP contribution in [0.5, 0.6) is 0 Å². The summed E-state index contributed by atoms with van der Waals surface area (Å²) in [4.78, 5) is 13.4. The van der Waals surface area contributed by atoms with Gasteiger partial charge in [-0.1, -0.05) is 36.4 Å². The lowest BCUT2D eigenvalue weighted by Crippen LogP contribution is -2.28. The molecule has 0 saturated carbocycles. The van der Waals surface area contributed by atoms with E-state index in [1.807, 2.05) is 38.1 Å². The van der Waals surface area contributed by atoms with Crippen LogP contribution in [0.4, 0.5) is 0 Å². The first-order valence-electron chi connectivity index (χ1n) is 7.08. The van der Waals surface area contributed by atoms with Crippen molar-refractivity contribution in [3.63, 3.8) is 0 Å². The number of carbonyl (C=O) groups is 1. The Morgan fingerprint density at radius 3 is 2.43 bits per heavy atom. The number of nitrogens with one attached hydrogen (secondary N) is 1. The van der Waals surface area contributed by atoms with Crippen molar-refractivity contribution in [1.29, 1.82) is 0 Å². The molecule has 0 aromatic heterocycles. The number of benzene rings is 2. The van der Waals surface area contributed by atoms with Gasteiger partial charge < -0.3 is 5.32 Å². The fourth-order valence-corrected chi connectivity index (χ4v) is 2.66. The lowest BCUT2D eigenvalue weighted by molar-refractivity contribution is -0.121. The van der Waals surface area contributed by atoms with Crippen LogP contribution in [0.2, 0.25) is 0 Å². The molecule has 0 aliphatic rings. The second kappa shape index (κ2) is 7.32.